The fourth-order valence-corrected chi connectivity index (χ4v) is 3.92. The highest BCUT2D eigenvalue weighted by molar-refractivity contribution is 6.42. The zero-order chi connectivity index (χ0) is 25.7. The number of allylic oxidation sites excluding steroid dienone is 1. The number of carbonyl (C=O) groups excluding carboxylic acids is 3. The molecule has 0 saturated carbocycles. The van der Waals surface area contributed by atoms with Gasteiger partial charge in [0.1, 0.15) is 0 Å². The van der Waals surface area contributed by atoms with Crippen molar-refractivity contribution in [3.8, 4) is 0 Å². The van der Waals surface area contributed by atoms with E-state index in [1.807, 2.05) is 20.8 Å². The van der Waals surface area contributed by atoms with Crippen molar-refractivity contribution in [3.63, 3.8) is 0 Å². The van der Waals surface area contributed by atoms with Gasteiger partial charge in [-0.15, -0.1) is 0 Å². The van der Waals surface area contributed by atoms with Crippen molar-refractivity contribution < 1.29 is 19.1 Å². The molecule has 3 rings (SSSR count). The van der Waals surface area contributed by atoms with Crippen molar-refractivity contribution in [2.45, 2.75) is 33.7 Å². The minimum Gasteiger partial charge on any atom is -0.462 e. The van der Waals surface area contributed by atoms with Crippen LogP contribution in [0.1, 0.15) is 39.3 Å². The van der Waals surface area contributed by atoms with Crippen LogP contribution in [0.15, 0.2) is 53.7 Å². The van der Waals surface area contributed by atoms with Crippen molar-refractivity contribution in [2.24, 2.45) is 5.92 Å². The fourth-order valence-electron chi connectivity index (χ4n) is 3.62. The Labute approximate surface area is 214 Å². The number of nitrogens with zero attached hydrogens (tertiary/aromatic N) is 1. The molecule has 186 valence electrons. The summed E-state index contributed by atoms with van der Waals surface area (Å²) in [7, 11) is 0. The van der Waals surface area contributed by atoms with E-state index in [-0.39, 0.29) is 18.6 Å². The Bertz CT molecular complexity index is 1150. The molecule has 8 nitrogen and oxygen atoms in total. The molecule has 0 fully saturated rings. The van der Waals surface area contributed by atoms with Gasteiger partial charge in [-0.3, -0.25) is 4.90 Å². The molecule has 1 aliphatic heterocycles. The predicted octanol–water partition coefficient (Wildman–Crippen LogP) is 6.20. The molecule has 2 aromatic carbocycles. The van der Waals surface area contributed by atoms with Crippen molar-refractivity contribution >= 4 is 52.6 Å². The molecule has 2 aromatic rings. The van der Waals surface area contributed by atoms with E-state index in [2.05, 4.69) is 16.0 Å². The first kappa shape index (κ1) is 26.4. The van der Waals surface area contributed by atoms with Gasteiger partial charge in [0.05, 0.1) is 28.3 Å². The molecule has 0 aromatic heterocycles. The van der Waals surface area contributed by atoms with E-state index in [0.29, 0.717) is 44.8 Å². The highest BCUT2D eigenvalue weighted by Crippen LogP contribution is 2.32. The molecule has 4 amide bonds. The van der Waals surface area contributed by atoms with Gasteiger partial charge in [-0.05, 0) is 55.7 Å². The first-order valence-electron chi connectivity index (χ1n) is 11.2. The summed E-state index contributed by atoms with van der Waals surface area (Å²) >= 11 is 11.9. The number of halogens is 2. The summed E-state index contributed by atoms with van der Waals surface area (Å²) in [5.41, 5.74) is 2.63. The van der Waals surface area contributed by atoms with E-state index >= 15 is 0 Å². The third kappa shape index (κ3) is 6.46. The van der Waals surface area contributed by atoms with E-state index < -0.39 is 18.0 Å². The molecular weight excluding hydrogens is 491 g/mol. The van der Waals surface area contributed by atoms with Crippen molar-refractivity contribution in [1.82, 2.24) is 10.2 Å². The summed E-state index contributed by atoms with van der Waals surface area (Å²) < 4.78 is 5.48. The van der Waals surface area contributed by atoms with Crippen LogP contribution in [-0.4, -0.2) is 36.1 Å². The van der Waals surface area contributed by atoms with Crippen LogP contribution >= 0.6 is 23.2 Å². The lowest BCUT2D eigenvalue weighted by molar-refractivity contribution is -0.140. The first-order chi connectivity index (χ1) is 16.6. The Morgan fingerprint density at radius 1 is 1.06 bits per heavy atom. The lowest BCUT2D eigenvalue weighted by atomic mass is 9.94. The number of ether oxygens (including phenoxy) is 1. The Morgan fingerprint density at radius 3 is 2.29 bits per heavy atom. The molecule has 1 aliphatic rings. The highest BCUT2D eigenvalue weighted by Gasteiger charge is 2.36. The molecule has 0 spiro atoms. The molecule has 1 heterocycles. The van der Waals surface area contributed by atoms with Gasteiger partial charge in [-0.2, -0.15) is 0 Å². The molecule has 1 unspecified atom stereocenters. The summed E-state index contributed by atoms with van der Waals surface area (Å²) in [5.74, 6) is -0.290. The molecule has 0 aliphatic carbocycles. The van der Waals surface area contributed by atoms with Gasteiger partial charge in [0.25, 0.3) is 0 Å². The fraction of sp³-hybridized carbons (Fsp3) is 0.320. The number of hydrogen-bond donors (Lipinski definition) is 3. The number of anilines is 2. The van der Waals surface area contributed by atoms with Crippen LogP contribution in [0.4, 0.5) is 21.0 Å². The van der Waals surface area contributed by atoms with Crippen molar-refractivity contribution in [1.29, 1.82) is 0 Å². The number of hydrogen-bond acceptors (Lipinski definition) is 4. The zero-order valence-electron chi connectivity index (χ0n) is 19.9. The highest BCUT2D eigenvalue weighted by atomic mass is 35.5. The summed E-state index contributed by atoms with van der Waals surface area (Å²) in [6.07, 6.45) is 0. The van der Waals surface area contributed by atoms with Gasteiger partial charge in [-0.1, -0.05) is 49.2 Å². The van der Waals surface area contributed by atoms with Gasteiger partial charge in [0, 0.05) is 23.6 Å². The SMILES string of the molecule is CCN1C(=O)NC(c2ccc(NC(=O)Nc3ccc(Cl)c(Cl)c3)cc2)C(C(=O)OCC(C)C)=C1C. The summed E-state index contributed by atoms with van der Waals surface area (Å²) in [6.45, 7) is 8.18. The number of carbonyl (C=O) groups is 3. The van der Waals surface area contributed by atoms with E-state index in [9.17, 15) is 14.4 Å². The number of esters is 1. The largest absolute Gasteiger partial charge is 0.462 e. The molecule has 0 saturated heterocycles. The molecule has 35 heavy (non-hydrogen) atoms. The summed E-state index contributed by atoms with van der Waals surface area (Å²) in [4.78, 5) is 39.4. The second kappa shape index (κ2) is 11.5. The van der Waals surface area contributed by atoms with Crippen LogP contribution in [-0.2, 0) is 9.53 Å². The van der Waals surface area contributed by atoms with E-state index in [4.69, 9.17) is 27.9 Å². The Morgan fingerprint density at radius 2 is 1.69 bits per heavy atom. The van der Waals surface area contributed by atoms with Crippen LogP contribution in [0.25, 0.3) is 0 Å². The van der Waals surface area contributed by atoms with E-state index in [1.165, 1.54) is 4.90 Å². The number of amides is 4. The Kier molecular flexibility index (Phi) is 8.64. The standard InChI is InChI=1S/C25H28Cl2N4O4/c1-5-31-15(4)21(23(32)35-13-14(2)3)22(30-25(31)34)16-6-8-17(9-7-16)28-24(33)29-18-10-11-19(26)20(27)12-18/h6-12,14,22H,5,13H2,1-4H3,(H,30,34)(H2,28,29,33). The third-order valence-electron chi connectivity index (χ3n) is 5.36. The lowest BCUT2D eigenvalue weighted by Gasteiger charge is -2.35. The number of rotatable bonds is 7. The molecule has 3 N–H and O–H groups in total. The second-order valence-electron chi connectivity index (χ2n) is 8.45. The lowest BCUT2D eigenvalue weighted by Crippen LogP contribution is -2.47. The minimum atomic E-state index is -0.677. The van der Waals surface area contributed by atoms with Crippen LogP contribution in [0, 0.1) is 5.92 Å². The third-order valence-corrected chi connectivity index (χ3v) is 6.10. The molecule has 0 bridgehead atoms. The van der Waals surface area contributed by atoms with Crippen LogP contribution < -0.4 is 16.0 Å². The molecule has 10 heteroatoms. The van der Waals surface area contributed by atoms with Crippen molar-refractivity contribution in [3.05, 3.63) is 69.3 Å². The number of benzene rings is 2. The van der Waals surface area contributed by atoms with Crippen LogP contribution in [0.2, 0.25) is 10.0 Å². The quantitative estimate of drug-likeness (QED) is 0.380. The van der Waals surface area contributed by atoms with Crippen molar-refractivity contribution in [2.75, 3.05) is 23.8 Å². The number of urea groups is 2. The smallest absolute Gasteiger partial charge is 0.338 e. The minimum absolute atomic E-state index is 0.180. The Hall–Kier alpha value is -3.23. The van der Waals surface area contributed by atoms with Gasteiger partial charge < -0.3 is 20.7 Å². The maximum absolute atomic E-state index is 13.0. The van der Waals surface area contributed by atoms with Crippen LogP contribution in [0.3, 0.4) is 0 Å². The Balaban J connectivity index is 1.78. The normalized spacial score (nSPS) is 15.7. The average molecular weight is 519 g/mol. The topological polar surface area (TPSA) is 99.8 Å². The molecular formula is C25H28Cl2N4O4. The zero-order valence-corrected chi connectivity index (χ0v) is 21.5. The maximum Gasteiger partial charge on any atom is 0.338 e. The predicted molar refractivity (Wildman–Crippen MR) is 138 cm³/mol. The molecule has 0 radical (unpaired) electrons. The number of nitrogens with one attached hydrogen (secondary N) is 3. The monoisotopic (exact) mass is 518 g/mol. The van der Waals surface area contributed by atoms with Gasteiger partial charge in [-0.25, -0.2) is 14.4 Å². The van der Waals surface area contributed by atoms with Crippen LogP contribution in [0.5, 0.6) is 0 Å². The van der Waals surface area contributed by atoms with E-state index in [1.54, 1.807) is 49.4 Å². The summed E-state index contributed by atoms with van der Waals surface area (Å²) in [6, 6.07) is 10.2. The molecule has 1 atom stereocenters. The van der Waals surface area contributed by atoms with Gasteiger partial charge in [0.2, 0.25) is 0 Å². The van der Waals surface area contributed by atoms with Gasteiger partial charge >= 0.3 is 18.0 Å². The van der Waals surface area contributed by atoms with Gasteiger partial charge in [0.15, 0.2) is 0 Å². The average Bonchev–Trinajstić information content (AvgIpc) is 2.80. The maximum atomic E-state index is 13.0. The first-order valence-corrected chi connectivity index (χ1v) is 11.9. The summed E-state index contributed by atoms with van der Waals surface area (Å²) in [5, 5.41) is 9.02. The second-order valence-corrected chi connectivity index (χ2v) is 9.26. The van der Waals surface area contributed by atoms with E-state index in [0.717, 1.165) is 0 Å².